The van der Waals surface area contributed by atoms with E-state index in [4.69, 9.17) is 0 Å². The predicted molar refractivity (Wildman–Crippen MR) is 113 cm³/mol. The second-order valence-electron chi connectivity index (χ2n) is 6.96. The third-order valence-electron chi connectivity index (χ3n) is 4.96. The molecule has 1 atom stereocenters. The number of anilines is 1. The van der Waals surface area contributed by atoms with Crippen LogP contribution >= 0.6 is 11.3 Å². The maximum Gasteiger partial charge on any atom is 0.314 e. The number of aliphatic carboxylic acids is 1. The highest BCUT2D eigenvalue weighted by Gasteiger charge is 2.37. The second kappa shape index (κ2) is 7.52. The smallest absolute Gasteiger partial charge is 0.314 e. The van der Waals surface area contributed by atoms with Crippen molar-refractivity contribution in [2.24, 2.45) is 0 Å². The number of carbonyl (C=O) groups excluding carboxylic acids is 1. The van der Waals surface area contributed by atoms with Gasteiger partial charge >= 0.3 is 5.97 Å². The summed E-state index contributed by atoms with van der Waals surface area (Å²) in [6.07, 6.45) is 1.64. The first-order chi connectivity index (χ1) is 14.0. The van der Waals surface area contributed by atoms with Crippen LogP contribution < -0.4 is 5.32 Å². The summed E-state index contributed by atoms with van der Waals surface area (Å²) in [4.78, 5) is 30.4. The molecule has 2 aromatic heterocycles. The molecule has 0 radical (unpaired) electrons. The van der Waals surface area contributed by atoms with E-state index in [0.29, 0.717) is 17.1 Å². The Balaban J connectivity index is 1.67. The van der Waals surface area contributed by atoms with Crippen LogP contribution in [0.1, 0.15) is 18.9 Å². The molecule has 0 bridgehead atoms. The molecule has 6 nitrogen and oxygen atoms in total. The summed E-state index contributed by atoms with van der Waals surface area (Å²) in [5.74, 6) is -0.890. The van der Waals surface area contributed by atoms with Gasteiger partial charge in [0, 0.05) is 23.6 Å². The van der Waals surface area contributed by atoms with Crippen molar-refractivity contribution >= 4 is 34.0 Å². The molecule has 4 rings (SSSR count). The molecule has 7 heteroatoms. The number of aromatic nitrogens is 2. The van der Waals surface area contributed by atoms with Crippen molar-refractivity contribution < 1.29 is 14.7 Å². The summed E-state index contributed by atoms with van der Waals surface area (Å²) in [7, 11) is 0. The molecule has 146 valence electrons. The Morgan fingerprint density at radius 1 is 1.10 bits per heavy atom. The number of imidazole rings is 1. The lowest BCUT2D eigenvalue weighted by molar-refractivity contribution is -0.145. The van der Waals surface area contributed by atoms with E-state index in [1.807, 2.05) is 52.4 Å². The maximum atomic E-state index is 12.9. The van der Waals surface area contributed by atoms with E-state index < -0.39 is 11.4 Å². The number of benzene rings is 2. The standard InChI is InChI=1S/C22H19N3O3S/c1-22(20(27)28,16-10-6-3-7-11-16)14-17(26)23-19-18(15-8-4-2-5-9-15)24-21-25(19)12-13-29-21/h2-13H,14H2,1H3,(H,23,26)(H,27,28). The minimum atomic E-state index is -1.34. The van der Waals surface area contributed by atoms with Crippen molar-refractivity contribution in [2.45, 2.75) is 18.8 Å². The van der Waals surface area contributed by atoms with Gasteiger partial charge in [-0.05, 0) is 12.5 Å². The Morgan fingerprint density at radius 2 is 1.76 bits per heavy atom. The molecule has 0 saturated carbocycles. The largest absolute Gasteiger partial charge is 0.481 e. The molecule has 1 unspecified atom stereocenters. The number of carbonyl (C=O) groups is 2. The first-order valence-corrected chi connectivity index (χ1v) is 9.97. The normalized spacial score (nSPS) is 13.1. The van der Waals surface area contributed by atoms with Crippen molar-refractivity contribution in [1.29, 1.82) is 0 Å². The van der Waals surface area contributed by atoms with Crippen molar-refractivity contribution in [3.63, 3.8) is 0 Å². The Kier molecular flexibility index (Phi) is 4.90. The zero-order valence-corrected chi connectivity index (χ0v) is 16.5. The molecule has 0 aliphatic rings. The van der Waals surface area contributed by atoms with Crippen molar-refractivity contribution in [2.75, 3.05) is 5.32 Å². The number of hydrogen-bond acceptors (Lipinski definition) is 4. The number of amides is 1. The first kappa shape index (κ1) is 18.9. The number of thiazole rings is 1. The van der Waals surface area contributed by atoms with Crippen LogP contribution in [0.15, 0.2) is 72.2 Å². The molecule has 2 heterocycles. The van der Waals surface area contributed by atoms with Crippen LogP contribution in [-0.4, -0.2) is 26.4 Å². The molecule has 2 N–H and O–H groups in total. The summed E-state index contributed by atoms with van der Waals surface area (Å²) in [5, 5.41) is 14.6. The van der Waals surface area contributed by atoms with Gasteiger partial charge < -0.3 is 10.4 Å². The third kappa shape index (κ3) is 3.52. The molecule has 4 aromatic rings. The molecule has 0 aliphatic carbocycles. The number of fused-ring (bicyclic) bond motifs is 1. The predicted octanol–water partition coefficient (Wildman–Crippen LogP) is 4.43. The lowest BCUT2D eigenvalue weighted by Crippen LogP contribution is -2.36. The van der Waals surface area contributed by atoms with Gasteiger partial charge in [-0.15, -0.1) is 11.3 Å². The van der Waals surface area contributed by atoms with Gasteiger partial charge in [0.15, 0.2) is 4.96 Å². The summed E-state index contributed by atoms with van der Waals surface area (Å²) >= 11 is 1.47. The molecular formula is C22H19N3O3S. The van der Waals surface area contributed by atoms with Crippen LogP contribution in [0.25, 0.3) is 16.2 Å². The van der Waals surface area contributed by atoms with E-state index in [9.17, 15) is 14.7 Å². The van der Waals surface area contributed by atoms with Gasteiger partial charge in [0.05, 0.1) is 5.41 Å². The maximum absolute atomic E-state index is 12.9. The number of rotatable bonds is 6. The van der Waals surface area contributed by atoms with E-state index in [0.717, 1.165) is 10.5 Å². The summed E-state index contributed by atoms with van der Waals surface area (Å²) < 4.78 is 1.81. The zero-order valence-electron chi connectivity index (χ0n) is 15.7. The number of nitrogens with one attached hydrogen (secondary N) is 1. The van der Waals surface area contributed by atoms with E-state index in [1.54, 1.807) is 31.2 Å². The Morgan fingerprint density at radius 3 is 2.41 bits per heavy atom. The van der Waals surface area contributed by atoms with E-state index >= 15 is 0 Å². The first-order valence-electron chi connectivity index (χ1n) is 9.09. The average Bonchev–Trinajstić information content (AvgIpc) is 3.32. The van der Waals surface area contributed by atoms with Gasteiger partial charge in [-0.1, -0.05) is 60.7 Å². The molecular weight excluding hydrogens is 386 g/mol. The summed E-state index contributed by atoms with van der Waals surface area (Å²) in [6, 6.07) is 18.4. The molecule has 0 saturated heterocycles. The highest BCUT2D eigenvalue weighted by molar-refractivity contribution is 7.15. The molecule has 29 heavy (non-hydrogen) atoms. The molecule has 1 amide bonds. The highest BCUT2D eigenvalue weighted by atomic mass is 32.1. The Labute approximate surface area is 171 Å². The quantitative estimate of drug-likeness (QED) is 0.497. The van der Waals surface area contributed by atoms with Crippen LogP contribution in [0.4, 0.5) is 5.82 Å². The van der Waals surface area contributed by atoms with Crippen molar-refractivity contribution in [3.05, 3.63) is 77.8 Å². The minimum absolute atomic E-state index is 0.196. The van der Waals surface area contributed by atoms with Crippen LogP contribution in [0.2, 0.25) is 0 Å². The fraction of sp³-hybridized carbons (Fsp3) is 0.136. The monoisotopic (exact) mass is 405 g/mol. The van der Waals surface area contributed by atoms with Crippen LogP contribution in [0.5, 0.6) is 0 Å². The van der Waals surface area contributed by atoms with E-state index in [-0.39, 0.29) is 12.3 Å². The van der Waals surface area contributed by atoms with Gasteiger partial charge in [0.1, 0.15) is 11.5 Å². The second-order valence-corrected chi connectivity index (χ2v) is 7.83. The van der Waals surface area contributed by atoms with Crippen molar-refractivity contribution in [3.8, 4) is 11.3 Å². The number of hydrogen-bond donors (Lipinski definition) is 2. The van der Waals surface area contributed by atoms with Gasteiger partial charge in [-0.2, -0.15) is 0 Å². The summed E-state index contributed by atoms with van der Waals surface area (Å²) in [5.41, 5.74) is 0.779. The zero-order chi connectivity index (χ0) is 20.4. The molecule has 0 aliphatic heterocycles. The van der Waals surface area contributed by atoms with Crippen molar-refractivity contribution in [1.82, 2.24) is 9.38 Å². The fourth-order valence-corrected chi connectivity index (χ4v) is 4.02. The van der Waals surface area contributed by atoms with Gasteiger partial charge in [-0.3, -0.25) is 14.0 Å². The molecule has 2 aromatic carbocycles. The van der Waals surface area contributed by atoms with Gasteiger partial charge in [0.2, 0.25) is 5.91 Å². The fourth-order valence-electron chi connectivity index (χ4n) is 3.31. The summed E-state index contributed by atoms with van der Waals surface area (Å²) in [6.45, 7) is 1.57. The number of nitrogens with zero attached hydrogens (tertiary/aromatic N) is 2. The lowest BCUT2D eigenvalue weighted by atomic mass is 9.79. The minimum Gasteiger partial charge on any atom is -0.481 e. The van der Waals surface area contributed by atoms with Crippen LogP contribution in [-0.2, 0) is 15.0 Å². The molecule has 0 fully saturated rings. The lowest BCUT2D eigenvalue weighted by Gasteiger charge is -2.24. The SMILES string of the molecule is CC(CC(=O)Nc1c(-c2ccccc2)nc2sccn12)(C(=O)O)c1ccccc1. The van der Waals surface area contributed by atoms with Gasteiger partial charge in [0.25, 0.3) is 0 Å². The number of carboxylic acid groups (broad SMARTS) is 1. The van der Waals surface area contributed by atoms with Gasteiger partial charge in [-0.25, -0.2) is 4.98 Å². The van der Waals surface area contributed by atoms with E-state index in [2.05, 4.69) is 10.3 Å². The topological polar surface area (TPSA) is 83.7 Å². The molecule has 0 spiro atoms. The van der Waals surface area contributed by atoms with Crippen LogP contribution in [0, 0.1) is 0 Å². The van der Waals surface area contributed by atoms with E-state index in [1.165, 1.54) is 11.3 Å². The number of carboxylic acids is 1. The Hall–Kier alpha value is -3.45. The highest BCUT2D eigenvalue weighted by Crippen LogP contribution is 2.32. The Bertz CT molecular complexity index is 1170. The third-order valence-corrected chi connectivity index (χ3v) is 5.72. The average molecular weight is 405 g/mol. The van der Waals surface area contributed by atoms with Crippen LogP contribution in [0.3, 0.4) is 0 Å².